The average molecular weight is 377 g/mol. The Labute approximate surface area is 153 Å². The van der Waals surface area contributed by atoms with Crippen LogP contribution in [0.25, 0.3) is 0 Å². The number of halogens is 2. The van der Waals surface area contributed by atoms with Crippen molar-refractivity contribution in [2.24, 2.45) is 5.16 Å². The molecule has 0 aliphatic carbocycles. The minimum atomic E-state index is -0.824. The summed E-state index contributed by atoms with van der Waals surface area (Å²) in [6, 6.07) is 9.79. The number of carbonyl (C=O) groups excluding carboxylic acids is 1. The van der Waals surface area contributed by atoms with Gasteiger partial charge in [0.05, 0.1) is 16.3 Å². The van der Waals surface area contributed by atoms with Crippen LogP contribution in [-0.4, -0.2) is 24.5 Å². The highest BCUT2D eigenvalue weighted by Crippen LogP contribution is 2.32. The molecule has 4 rings (SSSR count). The molecule has 2 aromatic rings. The van der Waals surface area contributed by atoms with E-state index in [9.17, 15) is 9.18 Å². The molecule has 0 saturated carbocycles. The predicted octanol–water partition coefficient (Wildman–Crippen LogP) is 3.02. The van der Waals surface area contributed by atoms with Crippen molar-refractivity contribution >= 4 is 23.2 Å². The second-order valence-electron chi connectivity index (χ2n) is 5.84. The highest BCUT2D eigenvalue weighted by Gasteiger charge is 2.31. The van der Waals surface area contributed by atoms with Crippen molar-refractivity contribution < 1.29 is 23.5 Å². The van der Waals surface area contributed by atoms with Crippen molar-refractivity contribution in [1.29, 1.82) is 0 Å². The van der Waals surface area contributed by atoms with Crippen LogP contribution in [0.2, 0.25) is 5.02 Å². The van der Waals surface area contributed by atoms with Crippen molar-refractivity contribution in [3.05, 3.63) is 58.4 Å². The molecule has 2 aromatic carbocycles. The highest BCUT2D eigenvalue weighted by molar-refractivity contribution is 6.34. The number of hydrogen-bond acceptors (Lipinski definition) is 5. The van der Waals surface area contributed by atoms with Crippen LogP contribution in [0, 0.1) is 5.82 Å². The summed E-state index contributed by atoms with van der Waals surface area (Å²) in [5, 5.41) is 6.83. The van der Waals surface area contributed by atoms with E-state index in [0.717, 1.165) is 5.56 Å². The molecule has 0 radical (unpaired) electrons. The molecular weight excluding hydrogens is 363 g/mol. The molecule has 2 aliphatic heterocycles. The van der Waals surface area contributed by atoms with Crippen molar-refractivity contribution in [1.82, 2.24) is 5.32 Å². The molecule has 2 aliphatic rings. The summed E-state index contributed by atoms with van der Waals surface area (Å²) < 4.78 is 24.5. The number of carbonyl (C=O) groups is 1. The van der Waals surface area contributed by atoms with Gasteiger partial charge in [-0.1, -0.05) is 28.9 Å². The van der Waals surface area contributed by atoms with Crippen LogP contribution in [0.4, 0.5) is 4.39 Å². The van der Waals surface area contributed by atoms with Crippen molar-refractivity contribution in [2.75, 3.05) is 6.79 Å². The maximum Gasteiger partial charge on any atom is 0.264 e. The smallest absolute Gasteiger partial charge is 0.264 e. The lowest BCUT2D eigenvalue weighted by molar-refractivity contribution is -0.131. The number of amides is 1. The first kappa shape index (κ1) is 16.7. The highest BCUT2D eigenvalue weighted by atomic mass is 35.5. The molecule has 6 nitrogen and oxygen atoms in total. The third-order valence-corrected chi connectivity index (χ3v) is 4.43. The van der Waals surface area contributed by atoms with Gasteiger partial charge in [0.15, 0.2) is 11.5 Å². The second kappa shape index (κ2) is 6.84. The lowest BCUT2D eigenvalue weighted by atomic mass is 10.0. The minimum absolute atomic E-state index is 0.146. The van der Waals surface area contributed by atoms with Gasteiger partial charge in [-0.25, -0.2) is 4.39 Å². The van der Waals surface area contributed by atoms with Crippen molar-refractivity contribution in [3.8, 4) is 11.5 Å². The van der Waals surface area contributed by atoms with Crippen molar-refractivity contribution in [3.63, 3.8) is 0 Å². The number of nitrogens with one attached hydrogen (secondary N) is 1. The van der Waals surface area contributed by atoms with E-state index in [1.54, 1.807) is 18.2 Å². The van der Waals surface area contributed by atoms with E-state index in [1.807, 2.05) is 6.07 Å². The second-order valence-corrected chi connectivity index (χ2v) is 6.25. The standard InChI is InChI=1S/C18H14ClFN2O4/c19-11-2-1-3-12(20)17(11)13-7-16(26-22-13)18(23)21-8-10-4-5-14-15(6-10)25-9-24-14/h1-6,16H,7-9H2,(H,21,23)/t16-/m0/s1. The Morgan fingerprint density at radius 2 is 2.12 bits per heavy atom. The molecule has 26 heavy (non-hydrogen) atoms. The first-order valence-corrected chi connectivity index (χ1v) is 8.33. The molecule has 0 aromatic heterocycles. The van der Waals surface area contributed by atoms with Gasteiger partial charge < -0.3 is 19.6 Å². The maximum atomic E-state index is 14.0. The van der Waals surface area contributed by atoms with Crippen LogP contribution < -0.4 is 14.8 Å². The van der Waals surface area contributed by atoms with Crippen LogP contribution in [0.5, 0.6) is 11.5 Å². The Morgan fingerprint density at radius 3 is 2.96 bits per heavy atom. The van der Waals surface area contributed by atoms with Gasteiger partial charge in [-0.2, -0.15) is 0 Å². The molecule has 0 fully saturated rings. The third kappa shape index (κ3) is 3.17. The monoisotopic (exact) mass is 376 g/mol. The molecule has 0 unspecified atom stereocenters. The normalized spacial score (nSPS) is 17.6. The summed E-state index contributed by atoms with van der Waals surface area (Å²) in [7, 11) is 0. The van der Waals surface area contributed by atoms with E-state index in [-0.39, 0.29) is 29.7 Å². The molecule has 134 valence electrons. The lowest BCUT2D eigenvalue weighted by Gasteiger charge is -2.10. The van der Waals surface area contributed by atoms with E-state index >= 15 is 0 Å². The minimum Gasteiger partial charge on any atom is -0.454 e. The van der Waals surface area contributed by atoms with E-state index in [2.05, 4.69) is 10.5 Å². The van der Waals surface area contributed by atoms with Crippen LogP contribution in [0.15, 0.2) is 41.6 Å². The number of benzene rings is 2. The molecule has 1 amide bonds. The molecule has 8 heteroatoms. The summed E-state index contributed by atoms with van der Waals surface area (Å²) >= 11 is 6.03. The SMILES string of the molecule is O=C(NCc1ccc2c(c1)OCO2)[C@@H]1CC(c2c(F)cccc2Cl)=NO1. The van der Waals surface area contributed by atoms with Gasteiger partial charge in [0.25, 0.3) is 5.91 Å². The molecule has 1 atom stereocenters. The van der Waals surface area contributed by atoms with Crippen molar-refractivity contribution in [2.45, 2.75) is 19.1 Å². The lowest BCUT2D eigenvalue weighted by Crippen LogP contribution is -2.34. The van der Waals surface area contributed by atoms with Gasteiger partial charge in [0, 0.05) is 13.0 Å². The first-order chi connectivity index (χ1) is 12.6. The fourth-order valence-electron chi connectivity index (χ4n) is 2.79. The molecule has 0 bridgehead atoms. The van der Waals surface area contributed by atoms with E-state index in [1.165, 1.54) is 12.1 Å². The summed E-state index contributed by atoms with van der Waals surface area (Å²) in [5.41, 5.74) is 1.34. The largest absolute Gasteiger partial charge is 0.454 e. The molecule has 2 heterocycles. The summed E-state index contributed by atoms with van der Waals surface area (Å²) in [6.07, 6.45) is -0.678. The van der Waals surface area contributed by atoms with Crippen LogP contribution in [-0.2, 0) is 16.2 Å². The van der Waals surface area contributed by atoms with Gasteiger partial charge in [-0.05, 0) is 29.8 Å². The topological polar surface area (TPSA) is 69.2 Å². The number of ether oxygens (including phenoxy) is 2. The summed E-state index contributed by atoms with van der Waals surface area (Å²) in [4.78, 5) is 17.5. The summed E-state index contributed by atoms with van der Waals surface area (Å²) in [6.45, 7) is 0.491. The van der Waals surface area contributed by atoms with E-state index in [4.69, 9.17) is 25.9 Å². The fraction of sp³-hybridized carbons (Fsp3) is 0.222. The van der Waals surface area contributed by atoms with Crippen LogP contribution >= 0.6 is 11.6 Å². The van der Waals surface area contributed by atoms with Crippen LogP contribution in [0.1, 0.15) is 17.5 Å². The molecule has 1 N–H and O–H groups in total. The Morgan fingerprint density at radius 1 is 1.27 bits per heavy atom. The van der Waals surface area contributed by atoms with E-state index in [0.29, 0.717) is 23.8 Å². The third-order valence-electron chi connectivity index (χ3n) is 4.12. The van der Waals surface area contributed by atoms with Gasteiger partial charge in [0.2, 0.25) is 12.9 Å². The maximum absolute atomic E-state index is 14.0. The number of oxime groups is 1. The fourth-order valence-corrected chi connectivity index (χ4v) is 3.07. The van der Waals surface area contributed by atoms with Gasteiger partial charge in [0.1, 0.15) is 5.82 Å². The Kier molecular flexibility index (Phi) is 4.38. The zero-order valence-corrected chi connectivity index (χ0v) is 14.3. The van der Waals surface area contributed by atoms with Crippen LogP contribution in [0.3, 0.4) is 0 Å². The molecule has 0 saturated heterocycles. The van der Waals surface area contributed by atoms with Gasteiger partial charge in [-0.3, -0.25) is 4.79 Å². The average Bonchev–Trinajstić information content (AvgIpc) is 3.28. The van der Waals surface area contributed by atoms with E-state index < -0.39 is 11.9 Å². The van der Waals surface area contributed by atoms with Gasteiger partial charge in [-0.15, -0.1) is 0 Å². The molecule has 0 spiro atoms. The quantitative estimate of drug-likeness (QED) is 0.890. The van der Waals surface area contributed by atoms with Gasteiger partial charge >= 0.3 is 0 Å². The number of nitrogens with zero attached hydrogens (tertiary/aromatic N) is 1. The zero-order valence-electron chi connectivity index (χ0n) is 13.5. The molecular formula is C18H14ClFN2O4. The summed E-state index contributed by atoms with van der Waals surface area (Å²) in [5.74, 6) is 0.489. The Bertz CT molecular complexity index is 883. The number of hydrogen-bond donors (Lipinski definition) is 1. The first-order valence-electron chi connectivity index (χ1n) is 7.95. The number of fused-ring (bicyclic) bond motifs is 1. The predicted molar refractivity (Wildman–Crippen MR) is 91.8 cm³/mol. The Hall–Kier alpha value is -2.80. The Balaban J connectivity index is 1.37. The number of rotatable bonds is 4. The zero-order chi connectivity index (χ0) is 18.1.